The Bertz CT molecular complexity index is 1210. The van der Waals surface area contributed by atoms with Crippen molar-refractivity contribution < 1.29 is 17.6 Å². The lowest BCUT2D eigenvalue weighted by molar-refractivity contribution is -0.117. The van der Waals surface area contributed by atoms with Gasteiger partial charge in [-0.15, -0.1) is 11.3 Å². The highest BCUT2D eigenvalue weighted by molar-refractivity contribution is 8.15. The van der Waals surface area contributed by atoms with Crippen molar-refractivity contribution in [1.82, 2.24) is 4.98 Å². The second-order valence-electron chi connectivity index (χ2n) is 6.68. The Kier molecular flexibility index (Phi) is 5.85. The number of rotatable bonds is 8. The Morgan fingerprint density at radius 2 is 2.17 bits per heavy atom. The van der Waals surface area contributed by atoms with Crippen LogP contribution in [0.3, 0.4) is 0 Å². The number of nitrogens with zero attached hydrogens (tertiary/aromatic N) is 2. The molecule has 3 heterocycles. The van der Waals surface area contributed by atoms with E-state index in [0.29, 0.717) is 17.7 Å². The maximum Gasteiger partial charge on any atom is 0.273 e. The lowest BCUT2D eigenvalue weighted by Gasteiger charge is -2.23. The number of para-hydroxylation sites is 1. The molecule has 0 radical (unpaired) electrons. The van der Waals surface area contributed by atoms with E-state index in [-0.39, 0.29) is 28.3 Å². The summed E-state index contributed by atoms with van der Waals surface area (Å²) in [7, 11) is -3.89. The van der Waals surface area contributed by atoms with Gasteiger partial charge in [-0.25, -0.2) is 12.8 Å². The first-order chi connectivity index (χ1) is 14.4. The number of amides is 1. The van der Waals surface area contributed by atoms with Gasteiger partial charge in [0, 0.05) is 17.1 Å². The second kappa shape index (κ2) is 8.40. The van der Waals surface area contributed by atoms with Gasteiger partial charge in [-0.05, 0) is 23.6 Å². The Morgan fingerprint density at radius 3 is 2.87 bits per heavy atom. The van der Waals surface area contributed by atoms with E-state index in [9.17, 15) is 17.6 Å². The van der Waals surface area contributed by atoms with Gasteiger partial charge in [0.1, 0.15) is 15.9 Å². The Hall–Kier alpha value is -2.37. The van der Waals surface area contributed by atoms with Crippen LogP contribution in [0.25, 0.3) is 10.9 Å². The van der Waals surface area contributed by atoms with Crippen LogP contribution in [0, 0.1) is 0 Å². The number of H-pyrrole nitrogens is 1. The first-order valence-electron chi connectivity index (χ1n) is 9.14. The Labute approximate surface area is 181 Å². The summed E-state index contributed by atoms with van der Waals surface area (Å²) in [6, 6.07) is 10.3. The average molecular weight is 467 g/mol. The van der Waals surface area contributed by atoms with E-state index in [0.717, 1.165) is 31.8 Å². The summed E-state index contributed by atoms with van der Waals surface area (Å²) in [6.07, 6.45) is 0.243. The molecule has 158 valence electrons. The molecule has 30 heavy (non-hydrogen) atoms. The van der Waals surface area contributed by atoms with E-state index >= 15 is 0 Å². The van der Waals surface area contributed by atoms with Crippen LogP contribution in [0.1, 0.15) is 12.1 Å². The minimum atomic E-state index is -3.89. The number of alkyl halides is 1. The zero-order valence-electron chi connectivity index (χ0n) is 15.7. The van der Waals surface area contributed by atoms with Gasteiger partial charge in [0.2, 0.25) is 5.91 Å². The fraction of sp³-hybridized carbons (Fsp3) is 0.263. The number of halogens is 1. The molecule has 1 aromatic carbocycles. The number of primary amides is 1. The van der Waals surface area contributed by atoms with Gasteiger partial charge in [0.15, 0.2) is 0 Å². The maximum absolute atomic E-state index is 13.3. The van der Waals surface area contributed by atoms with Crippen LogP contribution < -0.4 is 10.0 Å². The van der Waals surface area contributed by atoms with Crippen molar-refractivity contribution in [2.24, 2.45) is 10.7 Å². The molecule has 0 fully saturated rings. The highest BCUT2D eigenvalue weighted by Gasteiger charge is 2.28. The molecule has 3 aromatic rings. The summed E-state index contributed by atoms with van der Waals surface area (Å²) in [5.41, 5.74) is 6.96. The van der Waals surface area contributed by atoms with Gasteiger partial charge >= 0.3 is 0 Å². The van der Waals surface area contributed by atoms with E-state index in [1.165, 1.54) is 17.8 Å². The van der Waals surface area contributed by atoms with Crippen molar-refractivity contribution in [3.05, 3.63) is 47.5 Å². The monoisotopic (exact) mass is 466 g/mol. The number of hydrogen-bond donors (Lipinski definition) is 2. The SMILES string of the molecule is NC(=O)CC1CN=C(c2cc3cccc(N(CCF)S(=O)(=O)c4cccs4)c3[nH]2)S1. The Balaban J connectivity index is 1.72. The topological polar surface area (TPSA) is 109 Å². The third-order valence-electron chi connectivity index (χ3n) is 4.61. The molecule has 1 amide bonds. The van der Waals surface area contributed by atoms with Crippen LogP contribution in [0.2, 0.25) is 0 Å². The van der Waals surface area contributed by atoms with E-state index in [4.69, 9.17) is 5.73 Å². The predicted octanol–water partition coefficient (Wildman–Crippen LogP) is 3.13. The highest BCUT2D eigenvalue weighted by Crippen LogP contribution is 2.34. The van der Waals surface area contributed by atoms with Crippen LogP contribution in [-0.4, -0.2) is 49.4 Å². The molecule has 4 rings (SSSR count). The van der Waals surface area contributed by atoms with Crippen molar-refractivity contribution in [2.75, 3.05) is 24.1 Å². The van der Waals surface area contributed by atoms with Crippen molar-refractivity contribution in [3.8, 4) is 0 Å². The first kappa shape index (κ1) is 20.9. The normalized spacial score (nSPS) is 16.7. The molecule has 2 aromatic heterocycles. The summed E-state index contributed by atoms with van der Waals surface area (Å²) < 4.78 is 40.8. The number of aromatic amines is 1. The second-order valence-corrected chi connectivity index (χ2v) is 11.0. The lowest BCUT2D eigenvalue weighted by Crippen LogP contribution is -2.32. The number of aromatic nitrogens is 1. The molecule has 0 saturated heterocycles. The van der Waals surface area contributed by atoms with Crippen LogP contribution in [0.5, 0.6) is 0 Å². The van der Waals surface area contributed by atoms with Gasteiger partial charge in [0.05, 0.1) is 30.0 Å². The number of carbonyl (C=O) groups is 1. The fourth-order valence-electron chi connectivity index (χ4n) is 3.33. The molecule has 1 aliphatic heterocycles. The first-order valence-corrected chi connectivity index (χ1v) is 12.3. The zero-order valence-corrected chi connectivity index (χ0v) is 18.2. The van der Waals surface area contributed by atoms with Gasteiger partial charge in [0.25, 0.3) is 10.0 Å². The molecule has 0 spiro atoms. The number of hydrogen-bond acceptors (Lipinski definition) is 6. The number of fused-ring (bicyclic) bond motifs is 1. The van der Waals surface area contributed by atoms with Gasteiger partial charge in [-0.1, -0.05) is 30.0 Å². The van der Waals surface area contributed by atoms with Crippen molar-refractivity contribution in [1.29, 1.82) is 0 Å². The molecule has 0 aliphatic carbocycles. The van der Waals surface area contributed by atoms with Crippen LogP contribution in [0.15, 0.2) is 51.0 Å². The van der Waals surface area contributed by atoms with Gasteiger partial charge in [-0.3, -0.25) is 14.1 Å². The molecule has 7 nitrogen and oxygen atoms in total. The van der Waals surface area contributed by atoms with Crippen LogP contribution >= 0.6 is 23.1 Å². The van der Waals surface area contributed by atoms with Crippen molar-refractivity contribution in [3.63, 3.8) is 0 Å². The van der Waals surface area contributed by atoms with Crippen molar-refractivity contribution in [2.45, 2.75) is 15.9 Å². The highest BCUT2D eigenvalue weighted by atomic mass is 32.2. The predicted molar refractivity (Wildman–Crippen MR) is 120 cm³/mol. The summed E-state index contributed by atoms with van der Waals surface area (Å²) in [4.78, 5) is 18.9. The maximum atomic E-state index is 13.3. The number of nitrogens with one attached hydrogen (secondary N) is 1. The molecule has 3 N–H and O–H groups in total. The molecular weight excluding hydrogens is 447 g/mol. The number of benzene rings is 1. The van der Waals surface area contributed by atoms with E-state index in [1.54, 1.807) is 23.6 Å². The van der Waals surface area contributed by atoms with Gasteiger partial charge < -0.3 is 10.7 Å². The van der Waals surface area contributed by atoms with Crippen LogP contribution in [0.4, 0.5) is 10.1 Å². The number of anilines is 1. The Morgan fingerprint density at radius 1 is 1.33 bits per heavy atom. The quantitative estimate of drug-likeness (QED) is 0.532. The number of carbonyl (C=O) groups excluding carboxylic acids is 1. The third-order valence-corrected chi connectivity index (χ3v) is 9.01. The molecule has 1 atom stereocenters. The molecule has 1 aliphatic rings. The standard InChI is InChI=1S/C19H19FN4O3S3/c20-6-7-24(30(26,27)17-5-2-8-28-17)15-4-1-3-12-9-14(23-18(12)15)19-22-11-13(29-19)10-16(21)25/h1-5,8-9,13,23H,6-7,10-11H2,(H2,21,25). The molecule has 0 saturated carbocycles. The van der Waals surface area contributed by atoms with E-state index in [1.807, 2.05) is 12.1 Å². The van der Waals surface area contributed by atoms with E-state index < -0.39 is 16.7 Å². The largest absolute Gasteiger partial charge is 0.370 e. The zero-order chi connectivity index (χ0) is 21.3. The van der Waals surface area contributed by atoms with Crippen molar-refractivity contribution >= 4 is 60.7 Å². The average Bonchev–Trinajstić information content (AvgIpc) is 3.44. The molecule has 0 bridgehead atoms. The molecule has 1 unspecified atom stereocenters. The fourth-order valence-corrected chi connectivity index (χ4v) is 6.98. The van der Waals surface area contributed by atoms with E-state index in [2.05, 4.69) is 9.98 Å². The number of thioether (sulfide) groups is 1. The number of sulfonamides is 1. The third kappa shape index (κ3) is 3.96. The summed E-state index contributed by atoms with van der Waals surface area (Å²) >= 11 is 2.56. The lowest BCUT2D eigenvalue weighted by atomic mass is 10.2. The minimum absolute atomic E-state index is 0.00868. The number of thiophene rings is 1. The summed E-state index contributed by atoms with van der Waals surface area (Å²) in [5, 5.41) is 3.19. The number of aliphatic imine (C=N–C) groups is 1. The minimum Gasteiger partial charge on any atom is -0.370 e. The van der Waals surface area contributed by atoms with Gasteiger partial charge in [-0.2, -0.15) is 0 Å². The summed E-state index contributed by atoms with van der Waals surface area (Å²) in [5.74, 6) is -0.372. The molecule has 11 heteroatoms. The smallest absolute Gasteiger partial charge is 0.273 e. The van der Waals surface area contributed by atoms with Crippen LogP contribution in [-0.2, 0) is 14.8 Å². The number of nitrogens with two attached hydrogens (primary N) is 1. The molecular formula is C19H19FN4O3S3. The summed E-state index contributed by atoms with van der Waals surface area (Å²) in [6.45, 7) is -0.609.